The molecule has 27 nitrogen and oxygen atoms in total. The van der Waals surface area contributed by atoms with Crippen LogP contribution in [0.1, 0.15) is 115 Å². The summed E-state index contributed by atoms with van der Waals surface area (Å²) in [5.41, 5.74) is -5.28. The number of phenols is 19. The van der Waals surface area contributed by atoms with Crippen molar-refractivity contribution in [2.75, 3.05) is 0 Å². The van der Waals surface area contributed by atoms with Gasteiger partial charge in [-0.1, -0.05) is 24.3 Å². The fraction of sp³-hybridized carbons (Fsp3) is 0.182. The van der Waals surface area contributed by atoms with Crippen molar-refractivity contribution in [3.05, 3.63) is 182 Å². The summed E-state index contributed by atoms with van der Waals surface area (Å²) in [6, 6.07) is 18.2. The molecule has 0 saturated heterocycles. The zero-order valence-corrected chi connectivity index (χ0v) is 47.3. The van der Waals surface area contributed by atoms with Gasteiger partial charge in [0.1, 0.15) is 111 Å². The van der Waals surface area contributed by atoms with Crippen molar-refractivity contribution >= 4 is 0 Å². The second-order valence-corrected chi connectivity index (χ2v) is 23.0. The molecule has 4 aliphatic rings. The number of phenolic OH excluding ortho intramolecular Hbond substituents is 19. The van der Waals surface area contributed by atoms with Crippen LogP contribution in [0.4, 0.5) is 0 Å². The van der Waals surface area contributed by atoms with Gasteiger partial charge in [-0.3, -0.25) is 0 Å². The Morgan fingerprint density at radius 1 is 0.204 bits per heavy atom. The molecule has 0 aliphatic carbocycles. The van der Waals surface area contributed by atoms with Gasteiger partial charge < -0.3 is 136 Å². The molecule has 9 aromatic carbocycles. The van der Waals surface area contributed by atoms with E-state index in [1.807, 2.05) is 0 Å². The van der Waals surface area contributed by atoms with Crippen LogP contribution >= 0.6 is 0 Å². The van der Waals surface area contributed by atoms with Crippen molar-refractivity contribution < 1.29 is 136 Å². The first-order chi connectivity index (χ1) is 44.1. The molecule has 480 valence electrons. The van der Waals surface area contributed by atoms with E-state index in [2.05, 4.69) is 0 Å². The summed E-state index contributed by atoms with van der Waals surface area (Å²) in [5, 5.41) is 267. The maximum atomic E-state index is 13.2. The smallest absolute Gasteiger partial charge is 0.157 e. The molecule has 13 rings (SSSR count). The summed E-state index contributed by atoms with van der Waals surface area (Å²) >= 11 is 0. The first-order valence-electron chi connectivity index (χ1n) is 28.2. The molecule has 0 amide bonds. The molecule has 27 heteroatoms. The Balaban J connectivity index is 1.11. The maximum absolute atomic E-state index is 13.2. The number of aliphatic hydroxyl groups excluding tert-OH is 4. The number of rotatable bonds is 8. The Hall–Kier alpha value is -11.8. The quantitative estimate of drug-likeness (QED) is 0.0712. The summed E-state index contributed by atoms with van der Waals surface area (Å²) < 4.78 is 26.0. The van der Waals surface area contributed by atoms with E-state index in [0.717, 1.165) is 84.9 Å². The highest BCUT2D eigenvalue weighted by atomic mass is 16.5. The summed E-state index contributed by atoms with van der Waals surface area (Å²) in [6.45, 7) is 0. The lowest BCUT2D eigenvalue weighted by molar-refractivity contribution is -0.00960. The van der Waals surface area contributed by atoms with Crippen LogP contribution in [0.15, 0.2) is 115 Å². The molecule has 0 radical (unpaired) electrons. The highest BCUT2D eigenvalue weighted by Gasteiger charge is 2.54. The van der Waals surface area contributed by atoms with E-state index in [0.29, 0.717) is 12.1 Å². The largest absolute Gasteiger partial charge is 0.508 e. The SMILES string of the molecule is Oc1cc(O)c([C@H]2c3c(O)cc(O)c([C@H]4c5c(O)cc(O)c([C@H]6c7c(O)cc(O)c([C@H]8c9c(O)cc(O)cc9O[C@H](c9ccc(O)c(O)c9)[C@@H]8O)c7O[C@H](c7ccc(O)c(O)c7)[C@@H]6O)c5O[C@H](c5ccc(O)c(O)c5)[C@@H]4O)c3O[C@H](c3ccc(O)c(O)c3)[C@@H]2O)c(O)c1. The second kappa shape index (κ2) is 21.7. The molecule has 0 bridgehead atoms. The van der Waals surface area contributed by atoms with Gasteiger partial charge in [-0.2, -0.15) is 0 Å². The van der Waals surface area contributed by atoms with Crippen LogP contribution in [0.2, 0.25) is 0 Å². The van der Waals surface area contributed by atoms with Crippen molar-refractivity contribution in [2.45, 2.75) is 72.5 Å². The average Bonchev–Trinajstić information content (AvgIpc) is 0.713. The summed E-state index contributed by atoms with van der Waals surface area (Å²) in [4.78, 5) is 0. The number of benzene rings is 9. The first kappa shape index (κ1) is 60.1. The Labute approximate surface area is 521 Å². The van der Waals surface area contributed by atoms with Gasteiger partial charge in [0.15, 0.2) is 70.4 Å². The van der Waals surface area contributed by atoms with Crippen molar-refractivity contribution in [3.8, 4) is 132 Å². The minimum atomic E-state index is -2.24. The second-order valence-electron chi connectivity index (χ2n) is 23.0. The van der Waals surface area contributed by atoms with Gasteiger partial charge in [0.25, 0.3) is 0 Å². The summed E-state index contributed by atoms with van der Waals surface area (Å²) in [7, 11) is 0. The number of aliphatic hydroxyl groups is 4. The zero-order chi connectivity index (χ0) is 66.4. The Kier molecular flexibility index (Phi) is 14.1. The average molecular weight is 1280 g/mol. The molecule has 23 N–H and O–H groups in total. The third kappa shape index (κ3) is 9.42. The molecule has 0 fully saturated rings. The molecule has 0 aromatic heterocycles. The van der Waals surface area contributed by atoms with E-state index in [9.17, 15) is 117 Å². The zero-order valence-electron chi connectivity index (χ0n) is 47.3. The topological polar surface area (TPSA) is 502 Å². The highest BCUT2D eigenvalue weighted by Crippen LogP contribution is 2.66. The minimum absolute atomic E-state index is 0.0361. The van der Waals surface area contributed by atoms with Gasteiger partial charge in [-0.05, 0) is 70.8 Å². The third-order valence-electron chi connectivity index (χ3n) is 17.6. The summed E-state index contributed by atoms with van der Waals surface area (Å²) in [6.07, 6.45) is -16.0. The first-order valence-corrected chi connectivity index (χ1v) is 28.2. The van der Waals surface area contributed by atoms with Gasteiger partial charge in [0.05, 0.1) is 23.7 Å². The van der Waals surface area contributed by atoms with Crippen LogP contribution in [-0.2, 0) is 0 Å². The molecular formula is C66H54O27. The van der Waals surface area contributed by atoms with Gasteiger partial charge >= 0.3 is 0 Å². The molecule has 0 unspecified atom stereocenters. The van der Waals surface area contributed by atoms with E-state index in [1.165, 1.54) is 18.2 Å². The van der Waals surface area contributed by atoms with Crippen molar-refractivity contribution in [1.82, 2.24) is 0 Å². The van der Waals surface area contributed by atoms with Crippen LogP contribution < -0.4 is 18.9 Å². The van der Waals surface area contributed by atoms with Gasteiger partial charge in [0.2, 0.25) is 0 Å². The standard InChI is InChI=1S/C66H54O27/c67-24-13-34(77)44(35(78)14-24)52-46-37(80)17-39(82)48(64(46)91-61(56(52)86)21-2-6-27(70)31(74)10-21)54-50-41(84)19-42(85)51(66(50)93-63(58(54)88)23-4-8-29(72)33(76)12-23)55-49-40(83)18-38(81)47(65(49)92-62(59(55)89)22-3-7-28(71)32(75)11-22)53-45-36(79)15-25(68)16-43(45)90-60(57(53)87)20-1-5-26(69)30(73)9-20/h1-19,52-63,67-89H/t52-,53+,54-,55+,56+,57+,58+,59+,60+,61+,62+,63+/m0/s1. The van der Waals surface area contributed by atoms with E-state index < -0.39 is 238 Å². The van der Waals surface area contributed by atoms with Gasteiger partial charge in [0, 0.05) is 87.0 Å². The van der Waals surface area contributed by atoms with E-state index in [-0.39, 0.29) is 33.6 Å². The number of fused-ring (bicyclic) bond motifs is 4. The lowest BCUT2D eigenvalue weighted by Crippen LogP contribution is -2.40. The van der Waals surface area contributed by atoms with Crippen LogP contribution in [0.25, 0.3) is 0 Å². The van der Waals surface area contributed by atoms with Crippen molar-refractivity contribution in [3.63, 3.8) is 0 Å². The Morgan fingerprint density at radius 2 is 0.430 bits per heavy atom. The predicted molar refractivity (Wildman–Crippen MR) is 314 cm³/mol. The lowest BCUT2D eigenvalue weighted by Gasteiger charge is -2.44. The molecular weight excluding hydrogens is 1220 g/mol. The molecule has 0 saturated carbocycles. The number of ether oxygens (including phenoxy) is 4. The molecule has 4 heterocycles. The monoisotopic (exact) mass is 1280 g/mol. The van der Waals surface area contributed by atoms with Crippen molar-refractivity contribution in [2.24, 2.45) is 0 Å². The molecule has 12 atom stereocenters. The van der Waals surface area contributed by atoms with Gasteiger partial charge in [-0.15, -0.1) is 0 Å². The van der Waals surface area contributed by atoms with Crippen LogP contribution in [0.3, 0.4) is 0 Å². The summed E-state index contributed by atoms with van der Waals surface area (Å²) in [5.74, 6) is -25.7. The number of hydrogen-bond acceptors (Lipinski definition) is 27. The van der Waals surface area contributed by atoms with E-state index in [4.69, 9.17) is 18.9 Å². The molecule has 0 spiro atoms. The number of aromatic hydroxyl groups is 19. The Morgan fingerprint density at radius 3 is 0.710 bits per heavy atom. The fourth-order valence-electron chi connectivity index (χ4n) is 13.5. The van der Waals surface area contributed by atoms with Crippen molar-refractivity contribution in [1.29, 1.82) is 0 Å². The van der Waals surface area contributed by atoms with E-state index in [1.54, 1.807) is 0 Å². The normalized spacial score (nSPS) is 23.6. The molecule has 93 heavy (non-hydrogen) atoms. The highest BCUT2D eigenvalue weighted by molar-refractivity contribution is 5.74. The van der Waals surface area contributed by atoms with Gasteiger partial charge in [-0.25, -0.2) is 0 Å². The Bertz CT molecular complexity index is 4560. The number of hydrogen-bond donors (Lipinski definition) is 23. The van der Waals surface area contributed by atoms with Crippen LogP contribution in [-0.4, -0.2) is 142 Å². The minimum Gasteiger partial charge on any atom is -0.508 e. The van der Waals surface area contributed by atoms with Crippen LogP contribution in [0.5, 0.6) is 132 Å². The fourth-order valence-corrected chi connectivity index (χ4v) is 13.5. The molecule has 9 aromatic rings. The maximum Gasteiger partial charge on any atom is 0.157 e. The predicted octanol–water partition coefficient (Wildman–Crippen LogP) is 6.60. The third-order valence-corrected chi connectivity index (χ3v) is 17.6. The van der Waals surface area contributed by atoms with E-state index >= 15 is 0 Å². The van der Waals surface area contributed by atoms with Crippen LogP contribution in [0, 0.1) is 0 Å². The molecule has 4 aliphatic heterocycles. The lowest BCUT2D eigenvalue weighted by atomic mass is 9.71.